The zero-order valence-corrected chi connectivity index (χ0v) is 13.5. The zero-order valence-electron chi connectivity index (χ0n) is 13.5. The fourth-order valence-electron chi connectivity index (χ4n) is 3.92. The van der Waals surface area contributed by atoms with Crippen molar-refractivity contribution in [2.75, 3.05) is 24.7 Å². The largest absolute Gasteiger partial charge is 0.381 e. The summed E-state index contributed by atoms with van der Waals surface area (Å²) in [4.78, 5) is 15.5. The van der Waals surface area contributed by atoms with E-state index in [1.54, 1.807) is 12.1 Å². The third-order valence-electron chi connectivity index (χ3n) is 5.28. The lowest BCUT2D eigenvalue weighted by Gasteiger charge is -2.39. The fraction of sp³-hybridized carbons (Fsp3) is 0.350. The van der Waals surface area contributed by atoms with Crippen LogP contribution in [0.5, 0.6) is 0 Å². The van der Waals surface area contributed by atoms with Crippen molar-refractivity contribution in [1.82, 2.24) is 0 Å². The number of carbonyl (C=O) groups is 1. The topological polar surface area (TPSA) is 29.5 Å². The second kappa shape index (κ2) is 6.02. The lowest BCUT2D eigenvalue weighted by molar-refractivity contribution is -0.127. The highest BCUT2D eigenvalue weighted by atomic mass is 19.1. The Labute approximate surface area is 141 Å². The number of para-hydroxylation sites is 1. The van der Waals surface area contributed by atoms with E-state index in [1.807, 2.05) is 23.1 Å². The Kier molecular flexibility index (Phi) is 3.85. The molecular formula is C20H20FNO2. The number of carbonyl (C=O) groups excluding carboxylic acids is 1. The molecule has 4 rings (SSSR count). The lowest BCUT2D eigenvalue weighted by atomic mass is 9.73. The Morgan fingerprint density at radius 3 is 2.50 bits per heavy atom. The summed E-state index contributed by atoms with van der Waals surface area (Å²) in [5, 5.41) is 0. The molecule has 0 spiro atoms. The first-order valence-corrected chi connectivity index (χ1v) is 8.44. The Hall–Kier alpha value is -2.20. The van der Waals surface area contributed by atoms with Crippen molar-refractivity contribution in [2.45, 2.75) is 24.7 Å². The smallest absolute Gasteiger partial charge is 0.237 e. The van der Waals surface area contributed by atoms with E-state index < -0.39 is 5.41 Å². The number of hydrogen-bond donors (Lipinski definition) is 0. The monoisotopic (exact) mass is 325 g/mol. The van der Waals surface area contributed by atoms with Crippen LogP contribution in [0.25, 0.3) is 0 Å². The zero-order chi connectivity index (χ0) is 16.6. The molecule has 3 nitrogen and oxygen atoms in total. The summed E-state index contributed by atoms with van der Waals surface area (Å²) in [6, 6.07) is 14.5. The summed E-state index contributed by atoms with van der Waals surface area (Å²) in [5.74, 6) is -0.165. The van der Waals surface area contributed by atoms with Crippen LogP contribution in [0.1, 0.15) is 24.0 Å². The van der Waals surface area contributed by atoms with Crippen molar-refractivity contribution in [1.29, 1.82) is 0 Å². The molecule has 0 aromatic heterocycles. The van der Waals surface area contributed by atoms with Gasteiger partial charge in [0.25, 0.3) is 0 Å². The molecule has 2 aliphatic rings. The van der Waals surface area contributed by atoms with E-state index in [-0.39, 0.29) is 11.7 Å². The number of benzene rings is 2. The van der Waals surface area contributed by atoms with E-state index in [2.05, 4.69) is 6.07 Å². The molecule has 1 amide bonds. The highest BCUT2D eigenvalue weighted by molar-refractivity contribution is 6.02. The summed E-state index contributed by atoms with van der Waals surface area (Å²) in [6.45, 7) is 1.82. The number of hydrogen-bond acceptors (Lipinski definition) is 2. The quantitative estimate of drug-likeness (QED) is 0.846. The average molecular weight is 325 g/mol. The Morgan fingerprint density at radius 1 is 1.04 bits per heavy atom. The number of anilines is 1. The van der Waals surface area contributed by atoms with E-state index in [1.165, 1.54) is 17.7 Å². The van der Waals surface area contributed by atoms with E-state index in [0.29, 0.717) is 32.6 Å². The minimum Gasteiger partial charge on any atom is -0.381 e. The number of rotatable bonds is 2. The van der Waals surface area contributed by atoms with Crippen LogP contribution in [0.4, 0.5) is 10.1 Å². The molecule has 4 heteroatoms. The van der Waals surface area contributed by atoms with Crippen LogP contribution in [-0.2, 0) is 21.4 Å². The SMILES string of the molecule is O=C(N1CCc2ccccc21)C1(c2ccc(F)cc2)CCOCC1. The van der Waals surface area contributed by atoms with E-state index in [9.17, 15) is 9.18 Å². The minimum absolute atomic E-state index is 0.113. The van der Waals surface area contributed by atoms with Crippen LogP contribution in [0.2, 0.25) is 0 Å². The molecule has 124 valence electrons. The summed E-state index contributed by atoms with van der Waals surface area (Å²) < 4.78 is 18.9. The molecule has 1 fully saturated rings. The first-order valence-electron chi connectivity index (χ1n) is 8.44. The lowest BCUT2D eigenvalue weighted by Crippen LogP contribution is -2.49. The van der Waals surface area contributed by atoms with Crippen molar-refractivity contribution in [3.8, 4) is 0 Å². The second-order valence-corrected chi connectivity index (χ2v) is 6.54. The van der Waals surface area contributed by atoms with E-state index >= 15 is 0 Å². The van der Waals surface area contributed by atoms with Crippen LogP contribution in [0.3, 0.4) is 0 Å². The molecule has 0 saturated carbocycles. The molecule has 2 aromatic rings. The summed E-state index contributed by atoms with van der Waals surface area (Å²) >= 11 is 0. The Bertz CT molecular complexity index is 750. The molecule has 2 aromatic carbocycles. The number of fused-ring (bicyclic) bond motifs is 1. The second-order valence-electron chi connectivity index (χ2n) is 6.54. The summed E-state index contributed by atoms with van der Waals surface area (Å²) in [7, 11) is 0. The predicted molar refractivity (Wildman–Crippen MR) is 90.6 cm³/mol. The van der Waals surface area contributed by atoms with Gasteiger partial charge in [0.1, 0.15) is 5.82 Å². The van der Waals surface area contributed by atoms with Crippen molar-refractivity contribution in [3.05, 3.63) is 65.5 Å². The Balaban J connectivity index is 1.74. The third kappa shape index (κ3) is 2.42. The van der Waals surface area contributed by atoms with Crippen LogP contribution in [0.15, 0.2) is 48.5 Å². The van der Waals surface area contributed by atoms with Gasteiger partial charge in [0.05, 0.1) is 5.41 Å². The molecular weight excluding hydrogens is 305 g/mol. The third-order valence-corrected chi connectivity index (χ3v) is 5.28. The maximum absolute atomic E-state index is 13.5. The number of amides is 1. The van der Waals surface area contributed by atoms with Gasteiger partial charge >= 0.3 is 0 Å². The van der Waals surface area contributed by atoms with Gasteiger partial charge in [-0.15, -0.1) is 0 Å². The standard InChI is InChI=1S/C20H20FNO2/c21-17-7-5-16(6-8-17)20(10-13-24-14-11-20)19(23)22-12-9-15-3-1-2-4-18(15)22/h1-8H,9-14H2. The van der Waals surface area contributed by atoms with Gasteiger partial charge < -0.3 is 9.64 Å². The van der Waals surface area contributed by atoms with Crippen LogP contribution in [0, 0.1) is 5.82 Å². The van der Waals surface area contributed by atoms with Crippen molar-refractivity contribution >= 4 is 11.6 Å². The predicted octanol–water partition coefficient (Wildman–Crippen LogP) is 3.46. The molecule has 0 radical (unpaired) electrons. The van der Waals surface area contributed by atoms with Gasteiger partial charge in [-0.3, -0.25) is 4.79 Å². The number of halogens is 1. The molecule has 2 heterocycles. The first kappa shape index (κ1) is 15.3. The molecule has 24 heavy (non-hydrogen) atoms. The summed E-state index contributed by atoms with van der Waals surface area (Å²) in [5.41, 5.74) is 2.49. The van der Waals surface area contributed by atoms with Crippen LogP contribution < -0.4 is 4.90 Å². The summed E-state index contributed by atoms with van der Waals surface area (Å²) in [6.07, 6.45) is 2.16. The molecule has 0 unspecified atom stereocenters. The number of ether oxygens (including phenoxy) is 1. The van der Waals surface area contributed by atoms with E-state index in [0.717, 1.165) is 17.7 Å². The molecule has 0 aliphatic carbocycles. The first-order chi connectivity index (χ1) is 11.7. The van der Waals surface area contributed by atoms with Gasteiger partial charge in [-0.2, -0.15) is 0 Å². The van der Waals surface area contributed by atoms with Gasteiger partial charge in [0.15, 0.2) is 0 Å². The Morgan fingerprint density at radius 2 is 1.75 bits per heavy atom. The highest BCUT2D eigenvalue weighted by Gasteiger charge is 2.45. The molecule has 1 saturated heterocycles. The van der Waals surface area contributed by atoms with Gasteiger partial charge in [0.2, 0.25) is 5.91 Å². The fourth-order valence-corrected chi connectivity index (χ4v) is 3.92. The van der Waals surface area contributed by atoms with Crippen LogP contribution >= 0.6 is 0 Å². The number of nitrogens with zero attached hydrogens (tertiary/aromatic N) is 1. The normalized spacial score (nSPS) is 19.1. The molecule has 0 bridgehead atoms. The average Bonchev–Trinajstić information content (AvgIpc) is 3.06. The van der Waals surface area contributed by atoms with Gasteiger partial charge in [-0.05, 0) is 48.6 Å². The van der Waals surface area contributed by atoms with E-state index in [4.69, 9.17) is 4.74 Å². The van der Waals surface area contributed by atoms with Crippen molar-refractivity contribution in [2.24, 2.45) is 0 Å². The highest BCUT2D eigenvalue weighted by Crippen LogP contribution is 2.40. The van der Waals surface area contributed by atoms with Gasteiger partial charge in [-0.25, -0.2) is 4.39 Å². The maximum Gasteiger partial charge on any atom is 0.237 e. The molecule has 0 atom stereocenters. The maximum atomic E-state index is 13.5. The molecule has 0 N–H and O–H groups in total. The van der Waals surface area contributed by atoms with Crippen molar-refractivity contribution < 1.29 is 13.9 Å². The molecule has 2 aliphatic heterocycles. The van der Waals surface area contributed by atoms with Crippen LogP contribution in [-0.4, -0.2) is 25.7 Å². The van der Waals surface area contributed by atoms with Gasteiger partial charge in [0, 0.05) is 25.4 Å². The van der Waals surface area contributed by atoms with Gasteiger partial charge in [-0.1, -0.05) is 30.3 Å². The van der Waals surface area contributed by atoms with Crippen molar-refractivity contribution in [3.63, 3.8) is 0 Å². The minimum atomic E-state index is -0.622.